The Morgan fingerprint density at radius 3 is 2.39 bits per heavy atom. The van der Waals surface area contributed by atoms with Crippen LogP contribution in [-0.2, 0) is 4.79 Å². The quantitative estimate of drug-likeness (QED) is 0.840. The third kappa shape index (κ3) is 4.45. The minimum absolute atomic E-state index is 0.0542. The Morgan fingerprint density at radius 2 is 1.89 bits per heavy atom. The Morgan fingerprint density at radius 1 is 1.28 bits per heavy atom. The molecular weight excluding hydrogens is 234 g/mol. The molecular formula is C13H17NO4. The molecule has 0 spiro atoms. The Bertz CT molecular complexity index is 403. The highest BCUT2D eigenvalue weighted by Gasteiger charge is 2.22. The highest BCUT2D eigenvalue weighted by Crippen LogP contribution is 2.11. The molecule has 0 aliphatic heterocycles. The van der Waals surface area contributed by atoms with Crippen LogP contribution in [0, 0.1) is 11.8 Å². The standard InChI is InChI=1S/C13H17NO4/c1-9(2)11(12(15)16)8-14-13(17)18-10-6-4-3-5-7-10/h3-7,9,11H,8H2,1-2H3,(H,14,17)(H,15,16). The molecule has 0 aromatic heterocycles. The average molecular weight is 251 g/mol. The van der Waals surface area contributed by atoms with Gasteiger partial charge in [0, 0.05) is 6.54 Å². The van der Waals surface area contributed by atoms with Crippen LogP contribution in [0.3, 0.4) is 0 Å². The lowest BCUT2D eigenvalue weighted by Crippen LogP contribution is -2.36. The highest BCUT2D eigenvalue weighted by atomic mass is 16.6. The zero-order valence-corrected chi connectivity index (χ0v) is 10.4. The van der Waals surface area contributed by atoms with Crippen LogP contribution in [0.15, 0.2) is 30.3 Å². The summed E-state index contributed by atoms with van der Waals surface area (Å²) in [5.41, 5.74) is 0. The number of hydrogen-bond acceptors (Lipinski definition) is 3. The van der Waals surface area contributed by atoms with E-state index in [0.29, 0.717) is 5.75 Å². The Balaban J connectivity index is 2.44. The number of rotatable bonds is 5. The van der Waals surface area contributed by atoms with Gasteiger partial charge in [-0.25, -0.2) is 4.79 Å². The van der Waals surface area contributed by atoms with E-state index in [-0.39, 0.29) is 12.5 Å². The second kappa shape index (κ2) is 6.64. The van der Waals surface area contributed by atoms with Gasteiger partial charge < -0.3 is 15.2 Å². The van der Waals surface area contributed by atoms with Gasteiger partial charge in [0.25, 0.3) is 0 Å². The van der Waals surface area contributed by atoms with Crippen molar-refractivity contribution in [2.24, 2.45) is 11.8 Å². The lowest BCUT2D eigenvalue weighted by molar-refractivity contribution is -0.142. The molecule has 0 heterocycles. The van der Waals surface area contributed by atoms with Crippen LogP contribution in [0.1, 0.15) is 13.8 Å². The van der Waals surface area contributed by atoms with Gasteiger partial charge in [-0.05, 0) is 18.1 Å². The van der Waals surface area contributed by atoms with Gasteiger partial charge in [0.1, 0.15) is 5.75 Å². The lowest BCUT2D eigenvalue weighted by atomic mass is 9.96. The smallest absolute Gasteiger partial charge is 0.412 e. The van der Waals surface area contributed by atoms with Crippen LogP contribution >= 0.6 is 0 Å². The summed E-state index contributed by atoms with van der Waals surface area (Å²) < 4.78 is 4.98. The third-order valence-electron chi connectivity index (χ3n) is 2.54. The number of carboxylic acid groups (broad SMARTS) is 1. The van der Waals surface area contributed by atoms with Crippen LogP contribution in [0.5, 0.6) is 5.75 Å². The SMILES string of the molecule is CC(C)C(CNC(=O)Oc1ccccc1)C(=O)O. The summed E-state index contributed by atoms with van der Waals surface area (Å²) in [4.78, 5) is 22.4. The van der Waals surface area contributed by atoms with Crippen molar-refractivity contribution in [2.75, 3.05) is 6.54 Å². The fraction of sp³-hybridized carbons (Fsp3) is 0.385. The van der Waals surface area contributed by atoms with Gasteiger partial charge in [-0.15, -0.1) is 0 Å². The first-order chi connectivity index (χ1) is 8.50. The van der Waals surface area contributed by atoms with Crippen LogP contribution < -0.4 is 10.1 Å². The molecule has 1 aromatic rings. The molecule has 1 unspecified atom stereocenters. The summed E-state index contributed by atoms with van der Waals surface area (Å²) in [5.74, 6) is -1.18. The van der Waals surface area contributed by atoms with E-state index >= 15 is 0 Å². The van der Waals surface area contributed by atoms with Crippen molar-refractivity contribution in [1.82, 2.24) is 5.32 Å². The second-order valence-electron chi connectivity index (χ2n) is 4.27. The number of nitrogens with one attached hydrogen (secondary N) is 1. The van der Waals surface area contributed by atoms with E-state index in [2.05, 4.69) is 5.32 Å². The predicted molar refractivity (Wildman–Crippen MR) is 66.4 cm³/mol. The first-order valence-corrected chi connectivity index (χ1v) is 5.74. The summed E-state index contributed by atoms with van der Waals surface area (Å²) >= 11 is 0. The van der Waals surface area contributed by atoms with Gasteiger partial charge in [-0.3, -0.25) is 4.79 Å². The molecule has 0 saturated carbocycles. The molecule has 0 aliphatic carbocycles. The number of aliphatic carboxylic acids is 1. The van der Waals surface area contributed by atoms with Crippen molar-refractivity contribution in [3.05, 3.63) is 30.3 Å². The Labute approximate surface area is 106 Å². The molecule has 1 amide bonds. The summed E-state index contributed by atoms with van der Waals surface area (Å²) in [5, 5.41) is 11.4. The van der Waals surface area contributed by atoms with Gasteiger partial charge in [0.2, 0.25) is 0 Å². The summed E-state index contributed by atoms with van der Waals surface area (Å²) in [6.07, 6.45) is -0.645. The first-order valence-electron chi connectivity index (χ1n) is 5.74. The Hall–Kier alpha value is -2.04. The van der Waals surface area contributed by atoms with Gasteiger partial charge in [-0.1, -0.05) is 32.0 Å². The summed E-state index contributed by atoms with van der Waals surface area (Å²) in [6, 6.07) is 8.60. The molecule has 1 aromatic carbocycles. The van der Waals surface area contributed by atoms with E-state index in [1.165, 1.54) is 0 Å². The van der Waals surface area contributed by atoms with Crippen molar-refractivity contribution in [2.45, 2.75) is 13.8 Å². The maximum atomic E-state index is 11.4. The number of ether oxygens (including phenoxy) is 1. The number of benzene rings is 1. The van der Waals surface area contributed by atoms with Crippen molar-refractivity contribution >= 4 is 12.1 Å². The van der Waals surface area contributed by atoms with Gasteiger partial charge >= 0.3 is 12.1 Å². The predicted octanol–water partition coefficient (Wildman–Crippen LogP) is 2.13. The zero-order valence-electron chi connectivity index (χ0n) is 10.4. The molecule has 0 radical (unpaired) electrons. The normalized spacial score (nSPS) is 11.9. The fourth-order valence-electron chi connectivity index (χ4n) is 1.43. The van der Waals surface area contributed by atoms with E-state index < -0.39 is 18.0 Å². The van der Waals surface area contributed by atoms with Crippen molar-refractivity contribution in [1.29, 1.82) is 0 Å². The minimum atomic E-state index is -0.926. The monoisotopic (exact) mass is 251 g/mol. The number of carbonyl (C=O) groups is 2. The molecule has 1 atom stereocenters. The molecule has 1 rings (SSSR count). The van der Waals surface area contributed by atoms with E-state index in [0.717, 1.165) is 0 Å². The van der Waals surface area contributed by atoms with Crippen LogP contribution in [-0.4, -0.2) is 23.7 Å². The maximum absolute atomic E-state index is 11.4. The third-order valence-corrected chi connectivity index (χ3v) is 2.54. The van der Waals surface area contributed by atoms with E-state index in [4.69, 9.17) is 9.84 Å². The molecule has 0 fully saturated rings. The van der Waals surface area contributed by atoms with Gasteiger partial charge in [-0.2, -0.15) is 0 Å². The molecule has 0 bridgehead atoms. The molecule has 0 aliphatic rings. The molecule has 2 N–H and O–H groups in total. The van der Waals surface area contributed by atoms with E-state index in [1.54, 1.807) is 38.1 Å². The van der Waals surface area contributed by atoms with E-state index in [9.17, 15) is 9.59 Å². The van der Waals surface area contributed by atoms with Crippen LogP contribution in [0.25, 0.3) is 0 Å². The van der Waals surface area contributed by atoms with Crippen molar-refractivity contribution in [3.63, 3.8) is 0 Å². The first kappa shape index (κ1) is 14.0. The number of hydrogen-bond donors (Lipinski definition) is 2. The highest BCUT2D eigenvalue weighted by molar-refractivity contribution is 5.73. The molecule has 0 saturated heterocycles. The largest absolute Gasteiger partial charge is 0.481 e. The van der Waals surface area contributed by atoms with Crippen molar-refractivity contribution < 1.29 is 19.4 Å². The number of amides is 1. The number of carboxylic acids is 1. The van der Waals surface area contributed by atoms with Crippen LogP contribution in [0.2, 0.25) is 0 Å². The fourth-order valence-corrected chi connectivity index (χ4v) is 1.43. The second-order valence-corrected chi connectivity index (χ2v) is 4.27. The van der Waals surface area contributed by atoms with E-state index in [1.807, 2.05) is 6.07 Å². The zero-order chi connectivity index (χ0) is 13.5. The van der Waals surface area contributed by atoms with Gasteiger partial charge in [0.15, 0.2) is 0 Å². The topological polar surface area (TPSA) is 75.6 Å². The van der Waals surface area contributed by atoms with Crippen LogP contribution in [0.4, 0.5) is 4.79 Å². The number of carbonyl (C=O) groups excluding carboxylic acids is 1. The molecule has 5 heteroatoms. The lowest BCUT2D eigenvalue weighted by Gasteiger charge is -2.16. The Kier molecular flexibility index (Phi) is 5.17. The summed E-state index contributed by atoms with van der Waals surface area (Å²) in [6.45, 7) is 3.64. The molecule has 98 valence electrons. The van der Waals surface area contributed by atoms with Gasteiger partial charge in [0.05, 0.1) is 5.92 Å². The summed E-state index contributed by atoms with van der Waals surface area (Å²) in [7, 11) is 0. The maximum Gasteiger partial charge on any atom is 0.412 e. The average Bonchev–Trinajstić information content (AvgIpc) is 2.29. The molecule has 18 heavy (non-hydrogen) atoms. The minimum Gasteiger partial charge on any atom is -0.481 e. The molecule has 5 nitrogen and oxygen atoms in total. The number of para-hydroxylation sites is 1. The van der Waals surface area contributed by atoms with Crippen molar-refractivity contribution in [3.8, 4) is 5.75 Å².